The molecule has 1 aliphatic rings. The minimum atomic E-state index is -3.95. The van der Waals surface area contributed by atoms with Crippen LogP contribution in [0, 0.1) is 17.3 Å². The van der Waals surface area contributed by atoms with Gasteiger partial charge in [0.2, 0.25) is 0 Å². The van der Waals surface area contributed by atoms with E-state index in [1.54, 1.807) is 0 Å². The summed E-state index contributed by atoms with van der Waals surface area (Å²) >= 11 is 0. The predicted molar refractivity (Wildman–Crippen MR) is 64.7 cm³/mol. The maximum atomic E-state index is 10.8. The molecule has 0 aromatic carbocycles. The van der Waals surface area contributed by atoms with Crippen LogP contribution in [0.2, 0.25) is 0 Å². The van der Waals surface area contributed by atoms with E-state index in [0.29, 0.717) is 5.92 Å². The first-order chi connectivity index (χ1) is 7.09. The minimum Gasteiger partial charge on any atom is -0.326 e. The van der Waals surface area contributed by atoms with Gasteiger partial charge in [-0.1, -0.05) is 20.8 Å². The van der Waals surface area contributed by atoms with E-state index in [1.807, 2.05) is 0 Å². The molecule has 96 valence electrons. The molecule has 0 heterocycles. The molecule has 0 bridgehead atoms. The highest BCUT2D eigenvalue weighted by molar-refractivity contribution is 7.85. The Bertz CT molecular complexity index is 337. The standard InChI is InChI=1S/C11H23NO3S/c1-8-4-9(6-11(2,3)5-8)10(12)7-16(13,14)15/h8-10H,4-7,12H2,1-3H3,(H,13,14,15). The lowest BCUT2D eigenvalue weighted by Gasteiger charge is -2.41. The molecule has 1 saturated carbocycles. The Kier molecular flexibility index (Phi) is 4.03. The topological polar surface area (TPSA) is 80.4 Å². The SMILES string of the molecule is CC1CC(C(N)CS(=O)(=O)O)CC(C)(C)C1. The Labute approximate surface area is 98.4 Å². The van der Waals surface area contributed by atoms with Crippen LogP contribution in [0.15, 0.2) is 0 Å². The summed E-state index contributed by atoms with van der Waals surface area (Å²) in [5.74, 6) is 0.447. The lowest BCUT2D eigenvalue weighted by molar-refractivity contribution is 0.120. The molecule has 1 aliphatic carbocycles. The van der Waals surface area contributed by atoms with Gasteiger partial charge in [0, 0.05) is 6.04 Å². The molecule has 1 fully saturated rings. The van der Waals surface area contributed by atoms with E-state index < -0.39 is 16.2 Å². The largest absolute Gasteiger partial charge is 0.326 e. The van der Waals surface area contributed by atoms with Crippen molar-refractivity contribution in [3.05, 3.63) is 0 Å². The second-order valence-electron chi connectivity index (χ2n) is 6.09. The van der Waals surface area contributed by atoms with E-state index in [2.05, 4.69) is 20.8 Å². The maximum Gasteiger partial charge on any atom is 0.266 e. The van der Waals surface area contributed by atoms with Gasteiger partial charge in [-0.05, 0) is 36.5 Å². The van der Waals surface area contributed by atoms with Crippen LogP contribution in [0.25, 0.3) is 0 Å². The fourth-order valence-corrected chi connectivity index (χ4v) is 3.88. The Balaban J connectivity index is 2.66. The van der Waals surface area contributed by atoms with E-state index in [9.17, 15) is 8.42 Å². The molecule has 0 spiro atoms. The molecule has 3 atom stereocenters. The normalized spacial score (nSPS) is 32.3. The van der Waals surface area contributed by atoms with E-state index in [0.717, 1.165) is 19.3 Å². The molecule has 0 aromatic heterocycles. The summed E-state index contributed by atoms with van der Waals surface area (Å²) < 4.78 is 30.4. The van der Waals surface area contributed by atoms with Crippen LogP contribution in [-0.2, 0) is 10.1 Å². The van der Waals surface area contributed by atoms with Crippen molar-refractivity contribution in [2.45, 2.75) is 46.1 Å². The van der Waals surface area contributed by atoms with Gasteiger partial charge in [0.15, 0.2) is 0 Å². The third-order valence-corrected chi connectivity index (χ3v) is 4.24. The molecular weight excluding hydrogens is 226 g/mol. The van der Waals surface area contributed by atoms with Gasteiger partial charge in [-0.2, -0.15) is 8.42 Å². The van der Waals surface area contributed by atoms with Gasteiger partial charge in [-0.25, -0.2) is 0 Å². The lowest BCUT2D eigenvalue weighted by atomic mass is 9.66. The number of hydrogen-bond donors (Lipinski definition) is 2. The third kappa shape index (κ3) is 4.39. The van der Waals surface area contributed by atoms with Crippen molar-refractivity contribution in [1.82, 2.24) is 0 Å². The molecule has 16 heavy (non-hydrogen) atoms. The molecule has 0 radical (unpaired) electrons. The molecule has 1 rings (SSSR count). The first-order valence-corrected chi connectivity index (χ1v) is 7.41. The quantitative estimate of drug-likeness (QED) is 0.745. The average Bonchev–Trinajstić information content (AvgIpc) is 1.96. The van der Waals surface area contributed by atoms with Crippen LogP contribution in [0.5, 0.6) is 0 Å². The molecule has 3 N–H and O–H groups in total. The number of rotatable bonds is 3. The lowest BCUT2D eigenvalue weighted by Crippen LogP contribution is -2.42. The first kappa shape index (κ1) is 13.9. The first-order valence-electron chi connectivity index (χ1n) is 5.80. The van der Waals surface area contributed by atoms with Crippen molar-refractivity contribution in [3.8, 4) is 0 Å². The summed E-state index contributed by atoms with van der Waals surface area (Å²) in [6.07, 6.45) is 3.05. The molecular formula is C11H23NO3S. The van der Waals surface area contributed by atoms with E-state index >= 15 is 0 Å². The van der Waals surface area contributed by atoms with Crippen molar-refractivity contribution in [2.24, 2.45) is 23.0 Å². The van der Waals surface area contributed by atoms with E-state index in [4.69, 9.17) is 10.3 Å². The molecule has 3 unspecified atom stereocenters. The van der Waals surface area contributed by atoms with Crippen LogP contribution < -0.4 is 5.73 Å². The average molecular weight is 249 g/mol. The molecule has 5 heteroatoms. The summed E-state index contributed by atoms with van der Waals surface area (Å²) in [6.45, 7) is 6.56. The van der Waals surface area contributed by atoms with Crippen molar-refractivity contribution in [1.29, 1.82) is 0 Å². The van der Waals surface area contributed by atoms with E-state index in [1.165, 1.54) is 0 Å². The summed E-state index contributed by atoms with van der Waals surface area (Å²) in [5, 5.41) is 0. The van der Waals surface area contributed by atoms with Crippen LogP contribution >= 0.6 is 0 Å². The number of nitrogens with two attached hydrogens (primary N) is 1. The molecule has 0 aromatic rings. The highest BCUT2D eigenvalue weighted by atomic mass is 32.2. The summed E-state index contributed by atoms with van der Waals surface area (Å²) in [5.41, 5.74) is 6.10. The Morgan fingerprint density at radius 3 is 2.44 bits per heavy atom. The zero-order valence-corrected chi connectivity index (χ0v) is 11.1. The Morgan fingerprint density at radius 2 is 2.00 bits per heavy atom. The maximum absolute atomic E-state index is 10.8. The zero-order valence-electron chi connectivity index (χ0n) is 10.3. The van der Waals surface area contributed by atoms with Crippen molar-refractivity contribution in [2.75, 3.05) is 5.75 Å². The second kappa shape index (κ2) is 4.63. The van der Waals surface area contributed by atoms with Gasteiger partial charge in [0.1, 0.15) is 0 Å². The molecule has 0 amide bonds. The number of hydrogen-bond acceptors (Lipinski definition) is 3. The summed E-state index contributed by atoms with van der Waals surface area (Å²) in [4.78, 5) is 0. The fraction of sp³-hybridized carbons (Fsp3) is 1.00. The highest BCUT2D eigenvalue weighted by Crippen LogP contribution is 2.42. The molecule has 0 aliphatic heterocycles. The summed E-state index contributed by atoms with van der Waals surface area (Å²) in [6, 6.07) is -0.447. The van der Waals surface area contributed by atoms with Gasteiger partial charge in [0.25, 0.3) is 10.1 Å². The van der Waals surface area contributed by atoms with Crippen LogP contribution in [0.1, 0.15) is 40.0 Å². The molecule has 0 saturated heterocycles. The van der Waals surface area contributed by atoms with Gasteiger partial charge >= 0.3 is 0 Å². The van der Waals surface area contributed by atoms with Crippen molar-refractivity contribution < 1.29 is 13.0 Å². The molecule has 4 nitrogen and oxygen atoms in total. The third-order valence-electron chi connectivity index (χ3n) is 3.43. The second-order valence-corrected chi connectivity index (χ2v) is 7.58. The fourth-order valence-electron chi connectivity index (χ4n) is 3.13. The summed E-state index contributed by atoms with van der Waals surface area (Å²) in [7, 11) is -3.95. The van der Waals surface area contributed by atoms with Crippen LogP contribution in [0.4, 0.5) is 0 Å². The minimum absolute atomic E-state index is 0.195. The predicted octanol–water partition coefficient (Wildman–Crippen LogP) is 1.66. The van der Waals surface area contributed by atoms with Crippen molar-refractivity contribution in [3.63, 3.8) is 0 Å². The van der Waals surface area contributed by atoms with Crippen LogP contribution in [-0.4, -0.2) is 24.8 Å². The monoisotopic (exact) mass is 249 g/mol. The van der Waals surface area contributed by atoms with Crippen molar-refractivity contribution >= 4 is 10.1 Å². The van der Waals surface area contributed by atoms with Gasteiger partial charge in [-0.3, -0.25) is 4.55 Å². The smallest absolute Gasteiger partial charge is 0.266 e. The van der Waals surface area contributed by atoms with Crippen LogP contribution in [0.3, 0.4) is 0 Å². The Morgan fingerprint density at radius 1 is 1.44 bits per heavy atom. The highest BCUT2D eigenvalue weighted by Gasteiger charge is 2.35. The van der Waals surface area contributed by atoms with E-state index in [-0.39, 0.29) is 17.1 Å². The van der Waals surface area contributed by atoms with Gasteiger partial charge in [-0.15, -0.1) is 0 Å². The zero-order chi connectivity index (χ0) is 12.6. The van der Waals surface area contributed by atoms with Gasteiger partial charge in [0.05, 0.1) is 5.75 Å². The van der Waals surface area contributed by atoms with Gasteiger partial charge < -0.3 is 5.73 Å². The Hall–Kier alpha value is -0.130.